The topological polar surface area (TPSA) is 64.2 Å². The molecule has 7 nitrogen and oxygen atoms in total. The first-order valence-corrected chi connectivity index (χ1v) is 10.4. The first-order chi connectivity index (χ1) is 13.0. The van der Waals surface area contributed by atoms with Crippen molar-refractivity contribution in [3.8, 4) is 0 Å². The predicted octanol–water partition coefficient (Wildman–Crippen LogP) is 0.318. The van der Waals surface area contributed by atoms with Crippen LogP contribution < -0.4 is 0 Å². The molecule has 3 saturated heterocycles. The van der Waals surface area contributed by atoms with Crippen molar-refractivity contribution in [2.24, 2.45) is 0 Å². The number of carbonyl (C=O) groups is 3. The number of amides is 3. The first-order valence-electron chi connectivity index (χ1n) is 9.25. The highest BCUT2D eigenvalue weighted by molar-refractivity contribution is 7.99. The van der Waals surface area contributed by atoms with Crippen molar-refractivity contribution in [1.29, 1.82) is 0 Å². The molecule has 3 heterocycles. The summed E-state index contributed by atoms with van der Waals surface area (Å²) in [5.74, 6) is 1.40. The van der Waals surface area contributed by atoms with E-state index in [4.69, 9.17) is 0 Å². The average Bonchev–Trinajstić information content (AvgIpc) is 3.17. The molecule has 0 bridgehead atoms. The number of rotatable bonds is 3. The third-order valence-electron chi connectivity index (χ3n) is 5.49. The largest absolute Gasteiger partial charge is 0.336 e. The molecule has 3 aliphatic rings. The summed E-state index contributed by atoms with van der Waals surface area (Å²) in [7, 11) is 2.06. The lowest BCUT2D eigenvalue weighted by Gasteiger charge is -2.35. The molecule has 0 saturated carbocycles. The van der Waals surface area contributed by atoms with Gasteiger partial charge in [0.25, 0.3) is 5.91 Å². The summed E-state index contributed by atoms with van der Waals surface area (Å²) in [5, 5.41) is 0. The molecule has 0 N–H and O–H groups in total. The highest BCUT2D eigenvalue weighted by Gasteiger charge is 2.42. The van der Waals surface area contributed by atoms with Crippen LogP contribution in [-0.4, -0.2) is 94.8 Å². The SMILES string of the molecule is CN1CCN(C(=O)c2ccc(CN3CC(=O)N4CSCC4C3=O)cc2)CC1. The van der Waals surface area contributed by atoms with Crippen LogP contribution in [-0.2, 0) is 16.1 Å². The maximum Gasteiger partial charge on any atom is 0.253 e. The lowest BCUT2D eigenvalue weighted by molar-refractivity contribution is -0.153. The van der Waals surface area contributed by atoms with Crippen molar-refractivity contribution in [1.82, 2.24) is 19.6 Å². The maximum atomic E-state index is 12.6. The second-order valence-electron chi connectivity index (χ2n) is 7.37. The van der Waals surface area contributed by atoms with Crippen LogP contribution in [0.1, 0.15) is 15.9 Å². The maximum absolute atomic E-state index is 12.6. The van der Waals surface area contributed by atoms with E-state index in [1.165, 1.54) is 0 Å². The monoisotopic (exact) mass is 388 g/mol. The van der Waals surface area contributed by atoms with Crippen LogP contribution in [0.5, 0.6) is 0 Å². The third-order valence-corrected chi connectivity index (χ3v) is 6.50. The fourth-order valence-corrected chi connectivity index (χ4v) is 4.91. The molecule has 3 amide bonds. The lowest BCUT2D eigenvalue weighted by atomic mass is 10.1. The highest BCUT2D eigenvalue weighted by atomic mass is 32.2. The molecule has 8 heteroatoms. The number of piperazine rings is 2. The first kappa shape index (κ1) is 18.3. The van der Waals surface area contributed by atoms with E-state index < -0.39 is 0 Å². The number of fused-ring (bicyclic) bond motifs is 1. The summed E-state index contributed by atoms with van der Waals surface area (Å²) in [4.78, 5) is 44.9. The van der Waals surface area contributed by atoms with Crippen LogP contribution in [0, 0.1) is 0 Å². The standard InChI is InChI=1S/C19H24N4O3S/c1-20-6-8-21(9-7-20)18(25)15-4-2-14(3-5-15)10-22-11-17(24)23-13-27-12-16(23)19(22)26/h2-5,16H,6-13H2,1H3. The van der Waals surface area contributed by atoms with Crippen LogP contribution in [0.3, 0.4) is 0 Å². The average molecular weight is 388 g/mol. The van der Waals surface area contributed by atoms with Crippen molar-refractivity contribution in [2.45, 2.75) is 12.6 Å². The zero-order valence-corrected chi connectivity index (χ0v) is 16.3. The molecule has 0 aromatic heterocycles. The summed E-state index contributed by atoms with van der Waals surface area (Å²) in [5.41, 5.74) is 1.60. The third kappa shape index (κ3) is 3.68. The molecular weight excluding hydrogens is 364 g/mol. The van der Waals surface area contributed by atoms with Gasteiger partial charge in [-0.3, -0.25) is 14.4 Å². The predicted molar refractivity (Wildman–Crippen MR) is 103 cm³/mol. The van der Waals surface area contributed by atoms with Gasteiger partial charge in [0.05, 0.1) is 5.88 Å². The van der Waals surface area contributed by atoms with Crippen molar-refractivity contribution in [2.75, 3.05) is 51.4 Å². The van der Waals surface area contributed by atoms with E-state index in [0.29, 0.717) is 23.7 Å². The number of benzene rings is 1. The van der Waals surface area contributed by atoms with Gasteiger partial charge in [-0.2, -0.15) is 0 Å². The van der Waals surface area contributed by atoms with Gasteiger partial charge in [0.1, 0.15) is 12.6 Å². The summed E-state index contributed by atoms with van der Waals surface area (Å²) in [6.45, 7) is 3.83. The number of nitrogens with zero attached hydrogens (tertiary/aromatic N) is 4. The fourth-order valence-electron chi connectivity index (χ4n) is 3.73. The minimum Gasteiger partial charge on any atom is -0.336 e. The number of likely N-dealkylation sites (N-methyl/N-ethyl adjacent to an activating group) is 1. The Bertz CT molecular complexity index is 746. The van der Waals surface area contributed by atoms with Gasteiger partial charge in [0.2, 0.25) is 11.8 Å². The van der Waals surface area contributed by atoms with E-state index in [2.05, 4.69) is 11.9 Å². The van der Waals surface area contributed by atoms with Gasteiger partial charge in [0.15, 0.2) is 0 Å². The van der Waals surface area contributed by atoms with Gasteiger partial charge in [-0.25, -0.2) is 0 Å². The molecule has 0 aliphatic carbocycles. The molecular formula is C19H24N4O3S. The van der Waals surface area contributed by atoms with Crippen molar-refractivity contribution < 1.29 is 14.4 Å². The Labute approximate surface area is 163 Å². The molecule has 0 radical (unpaired) electrons. The van der Waals surface area contributed by atoms with Crippen LogP contribution in [0.25, 0.3) is 0 Å². The second kappa shape index (κ2) is 7.52. The number of thioether (sulfide) groups is 1. The van der Waals surface area contributed by atoms with Crippen LogP contribution in [0.4, 0.5) is 0 Å². The van der Waals surface area contributed by atoms with Gasteiger partial charge >= 0.3 is 0 Å². The number of hydrogen-bond donors (Lipinski definition) is 0. The number of hydrogen-bond acceptors (Lipinski definition) is 5. The Morgan fingerprint density at radius 1 is 1.11 bits per heavy atom. The van der Waals surface area contributed by atoms with E-state index in [1.807, 2.05) is 29.2 Å². The molecule has 144 valence electrons. The molecule has 3 fully saturated rings. The van der Waals surface area contributed by atoms with E-state index in [0.717, 1.165) is 31.7 Å². The zero-order valence-electron chi connectivity index (χ0n) is 15.5. The van der Waals surface area contributed by atoms with Gasteiger partial charge in [-0.1, -0.05) is 12.1 Å². The van der Waals surface area contributed by atoms with Crippen LogP contribution in [0.15, 0.2) is 24.3 Å². The second-order valence-corrected chi connectivity index (χ2v) is 8.37. The van der Waals surface area contributed by atoms with E-state index in [9.17, 15) is 14.4 Å². The minimum atomic E-state index is -0.311. The summed E-state index contributed by atoms with van der Waals surface area (Å²) >= 11 is 1.63. The van der Waals surface area contributed by atoms with Crippen molar-refractivity contribution >= 4 is 29.5 Å². The quantitative estimate of drug-likeness (QED) is 0.746. The van der Waals surface area contributed by atoms with Crippen molar-refractivity contribution in [3.63, 3.8) is 0 Å². The highest BCUT2D eigenvalue weighted by Crippen LogP contribution is 2.26. The molecule has 4 rings (SSSR count). The van der Waals surface area contributed by atoms with E-state index in [-0.39, 0.29) is 30.3 Å². The Morgan fingerprint density at radius 3 is 2.52 bits per heavy atom. The summed E-state index contributed by atoms with van der Waals surface area (Å²) in [6.07, 6.45) is 0. The zero-order chi connectivity index (χ0) is 19.0. The molecule has 27 heavy (non-hydrogen) atoms. The molecule has 1 unspecified atom stereocenters. The lowest BCUT2D eigenvalue weighted by Crippen LogP contribution is -2.57. The minimum absolute atomic E-state index is 0.0199. The van der Waals surface area contributed by atoms with Crippen LogP contribution in [0.2, 0.25) is 0 Å². The number of carbonyl (C=O) groups excluding carboxylic acids is 3. The van der Waals surface area contributed by atoms with Gasteiger partial charge in [-0.15, -0.1) is 11.8 Å². The fraction of sp³-hybridized carbons (Fsp3) is 0.526. The van der Waals surface area contributed by atoms with E-state index in [1.54, 1.807) is 21.6 Å². The van der Waals surface area contributed by atoms with Crippen LogP contribution >= 0.6 is 11.8 Å². The molecule has 0 spiro atoms. The Balaban J connectivity index is 1.40. The molecule has 1 aromatic rings. The Morgan fingerprint density at radius 2 is 1.81 bits per heavy atom. The van der Waals surface area contributed by atoms with Crippen molar-refractivity contribution in [3.05, 3.63) is 35.4 Å². The molecule has 3 aliphatic heterocycles. The summed E-state index contributed by atoms with van der Waals surface area (Å²) < 4.78 is 0. The smallest absolute Gasteiger partial charge is 0.253 e. The Hall–Kier alpha value is -2.06. The Kier molecular flexibility index (Phi) is 5.10. The molecule has 1 aromatic carbocycles. The normalized spacial score (nSPS) is 23.7. The van der Waals surface area contributed by atoms with E-state index >= 15 is 0 Å². The van der Waals surface area contributed by atoms with Gasteiger partial charge in [0, 0.05) is 44.0 Å². The van der Waals surface area contributed by atoms with Gasteiger partial charge < -0.3 is 19.6 Å². The van der Waals surface area contributed by atoms with Gasteiger partial charge in [-0.05, 0) is 24.7 Å². The summed E-state index contributed by atoms with van der Waals surface area (Å²) in [6, 6.07) is 7.11. The molecule has 1 atom stereocenters.